The Morgan fingerprint density at radius 1 is 1.14 bits per heavy atom. The number of para-hydroxylation sites is 2. The van der Waals surface area contributed by atoms with Gasteiger partial charge in [0.1, 0.15) is 5.75 Å². The zero-order valence-electron chi connectivity index (χ0n) is 12.7. The maximum absolute atomic E-state index is 12.9. The second-order valence-corrected chi connectivity index (χ2v) is 6.67. The van der Waals surface area contributed by atoms with E-state index in [1.807, 2.05) is 6.92 Å². The van der Waals surface area contributed by atoms with Gasteiger partial charge in [0.05, 0.1) is 24.2 Å². The molecule has 0 aliphatic rings. The lowest BCUT2D eigenvalue weighted by Crippen LogP contribution is -2.31. The molecule has 2 aromatic rings. The van der Waals surface area contributed by atoms with E-state index >= 15 is 0 Å². The van der Waals surface area contributed by atoms with E-state index in [2.05, 4.69) is 6.58 Å². The van der Waals surface area contributed by atoms with E-state index in [0.717, 1.165) is 5.56 Å². The fourth-order valence-corrected chi connectivity index (χ4v) is 3.56. The zero-order chi connectivity index (χ0) is 16.2. The number of hydrogen-bond donors (Lipinski definition) is 0. The maximum atomic E-state index is 12.9. The van der Waals surface area contributed by atoms with Gasteiger partial charge in [-0.3, -0.25) is 4.31 Å². The van der Waals surface area contributed by atoms with Crippen molar-refractivity contribution in [2.45, 2.75) is 11.8 Å². The second-order valence-electron chi connectivity index (χ2n) is 4.81. The molecule has 0 heterocycles. The van der Waals surface area contributed by atoms with Crippen molar-refractivity contribution in [3.05, 3.63) is 66.7 Å². The molecule has 4 nitrogen and oxygen atoms in total. The molecular weight excluding hydrogens is 298 g/mol. The largest absolute Gasteiger partial charge is 0.495 e. The molecule has 0 bridgehead atoms. The van der Waals surface area contributed by atoms with Crippen LogP contribution in [0.2, 0.25) is 0 Å². The lowest BCUT2D eigenvalue weighted by molar-refractivity contribution is 0.415. The second kappa shape index (κ2) is 6.66. The quantitative estimate of drug-likeness (QED) is 0.767. The van der Waals surface area contributed by atoms with Gasteiger partial charge in [0, 0.05) is 0 Å². The summed E-state index contributed by atoms with van der Waals surface area (Å²) in [5, 5.41) is 0. The van der Waals surface area contributed by atoms with Crippen molar-refractivity contribution in [1.82, 2.24) is 0 Å². The molecule has 0 atom stereocenters. The summed E-state index contributed by atoms with van der Waals surface area (Å²) >= 11 is 0. The molecule has 0 saturated carbocycles. The summed E-state index contributed by atoms with van der Waals surface area (Å²) in [5.74, 6) is 0.500. The van der Waals surface area contributed by atoms with Gasteiger partial charge in [0.25, 0.3) is 10.0 Å². The molecule has 0 unspecified atom stereocenters. The van der Waals surface area contributed by atoms with Gasteiger partial charge in [0.15, 0.2) is 0 Å². The molecular formula is C17H19NO3S. The van der Waals surface area contributed by atoms with E-state index in [4.69, 9.17) is 4.74 Å². The van der Waals surface area contributed by atoms with Crippen molar-refractivity contribution in [2.24, 2.45) is 0 Å². The van der Waals surface area contributed by atoms with Crippen molar-refractivity contribution in [1.29, 1.82) is 0 Å². The van der Waals surface area contributed by atoms with Crippen LogP contribution in [0.25, 0.3) is 0 Å². The first-order chi connectivity index (χ1) is 10.5. The van der Waals surface area contributed by atoms with Gasteiger partial charge in [-0.15, -0.1) is 6.58 Å². The number of sulfonamides is 1. The minimum atomic E-state index is -3.68. The normalized spacial score (nSPS) is 11.0. The Morgan fingerprint density at radius 2 is 1.77 bits per heavy atom. The third kappa shape index (κ3) is 3.14. The van der Waals surface area contributed by atoms with Crippen LogP contribution in [-0.4, -0.2) is 22.1 Å². The van der Waals surface area contributed by atoms with Crippen molar-refractivity contribution in [3.8, 4) is 5.75 Å². The van der Waals surface area contributed by atoms with Gasteiger partial charge in [-0.2, -0.15) is 0 Å². The van der Waals surface area contributed by atoms with E-state index in [9.17, 15) is 8.42 Å². The number of benzene rings is 2. The molecule has 2 rings (SSSR count). The first kappa shape index (κ1) is 16.1. The minimum Gasteiger partial charge on any atom is -0.495 e. The molecule has 0 radical (unpaired) electrons. The summed E-state index contributed by atoms with van der Waals surface area (Å²) in [7, 11) is -2.17. The summed E-state index contributed by atoms with van der Waals surface area (Å²) in [6, 6.07) is 13.8. The topological polar surface area (TPSA) is 46.6 Å². The van der Waals surface area contributed by atoms with Crippen LogP contribution in [0.3, 0.4) is 0 Å². The number of anilines is 1. The predicted octanol–water partition coefficient (Wildman–Crippen LogP) is 3.38. The highest BCUT2D eigenvalue weighted by Gasteiger charge is 2.26. The molecule has 0 amide bonds. The van der Waals surface area contributed by atoms with Crippen LogP contribution in [0, 0.1) is 6.92 Å². The third-order valence-electron chi connectivity index (χ3n) is 3.26. The number of methoxy groups -OCH3 is 1. The molecule has 0 spiro atoms. The first-order valence-corrected chi connectivity index (χ1v) is 8.28. The first-order valence-electron chi connectivity index (χ1n) is 6.84. The van der Waals surface area contributed by atoms with E-state index in [1.165, 1.54) is 11.4 Å². The van der Waals surface area contributed by atoms with E-state index in [0.29, 0.717) is 11.4 Å². The van der Waals surface area contributed by atoms with Crippen molar-refractivity contribution in [2.75, 3.05) is 18.0 Å². The minimum absolute atomic E-state index is 0.163. The Labute approximate surface area is 131 Å². The Kier molecular flexibility index (Phi) is 4.88. The van der Waals surface area contributed by atoms with Gasteiger partial charge < -0.3 is 4.74 Å². The molecule has 0 aromatic heterocycles. The average Bonchev–Trinajstić information content (AvgIpc) is 2.53. The molecule has 5 heteroatoms. The smallest absolute Gasteiger partial charge is 0.264 e. The van der Waals surface area contributed by atoms with Gasteiger partial charge >= 0.3 is 0 Å². The Balaban J connectivity index is 2.55. The van der Waals surface area contributed by atoms with Crippen LogP contribution in [0.5, 0.6) is 5.75 Å². The van der Waals surface area contributed by atoms with Crippen molar-refractivity contribution in [3.63, 3.8) is 0 Å². The predicted molar refractivity (Wildman–Crippen MR) is 88.9 cm³/mol. The van der Waals surface area contributed by atoms with Gasteiger partial charge in [-0.1, -0.05) is 35.9 Å². The van der Waals surface area contributed by atoms with Crippen LogP contribution in [0.4, 0.5) is 5.69 Å². The van der Waals surface area contributed by atoms with E-state index < -0.39 is 10.0 Å². The molecule has 2 aromatic carbocycles. The molecule has 116 valence electrons. The van der Waals surface area contributed by atoms with E-state index in [-0.39, 0.29) is 11.4 Å². The number of aryl methyl sites for hydroxylation is 1. The van der Waals surface area contributed by atoms with Crippen LogP contribution in [-0.2, 0) is 10.0 Å². The summed E-state index contributed by atoms with van der Waals surface area (Å²) in [6.45, 7) is 5.73. The van der Waals surface area contributed by atoms with Crippen molar-refractivity contribution < 1.29 is 13.2 Å². The van der Waals surface area contributed by atoms with Crippen LogP contribution >= 0.6 is 0 Å². The molecule has 0 aliphatic carbocycles. The third-order valence-corrected chi connectivity index (χ3v) is 5.05. The highest BCUT2D eigenvalue weighted by Crippen LogP contribution is 2.32. The number of nitrogens with zero attached hydrogens (tertiary/aromatic N) is 1. The maximum Gasteiger partial charge on any atom is 0.264 e. The highest BCUT2D eigenvalue weighted by atomic mass is 32.2. The molecule has 0 fully saturated rings. The Bertz CT molecular complexity index is 752. The summed E-state index contributed by atoms with van der Waals surface area (Å²) < 4.78 is 32.4. The van der Waals surface area contributed by atoms with Crippen LogP contribution < -0.4 is 9.04 Å². The number of rotatable bonds is 6. The lowest BCUT2D eigenvalue weighted by Gasteiger charge is -2.24. The van der Waals surface area contributed by atoms with Crippen molar-refractivity contribution >= 4 is 15.7 Å². The molecule has 22 heavy (non-hydrogen) atoms. The molecule has 0 saturated heterocycles. The summed E-state index contributed by atoms with van der Waals surface area (Å²) in [6.07, 6.45) is 1.55. The number of ether oxygens (including phenoxy) is 1. The summed E-state index contributed by atoms with van der Waals surface area (Å²) in [4.78, 5) is 0.242. The highest BCUT2D eigenvalue weighted by molar-refractivity contribution is 7.92. The monoisotopic (exact) mass is 317 g/mol. The van der Waals surface area contributed by atoms with Crippen LogP contribution in [0.1, 0.15) is 5.56 Å². The van der Waals surface area contributed by atoms with E-state index in [1.54, 1.807) is 54.6 Å². The summed E-state index contributed by atoms with van der Waals surface area (Å²) in [5.41, 5.74) is 1.50. The SMILES string of the molecule is C=CCN(c1ccccc1OC)S(=O)(=O)c1ccc(C)cc1. The van der Waals surface area contributed by atoms with Gasteiger partial charge in [-0.05, 0) is 31.2 Å². The standard InChI is InChI=1S/C17H19NO3S/c1-4-13-18(16-7-5-6-8-17(16)21-3)22(19,20)15-11-9-14(2)10-12-15/h4-12H,1,13H2,2-3H3. The van der Waals surface area contributed by atoms with Gasteiger partial charge in [0.2, 0.25) is 0 Å². The lowest BCUT2D eigenvalue weighted by atomic mass is 10.2. The zero-order valence-corrected chi connectivity index (χ0v) is 13.5. The fraction of sp³-hybridized carbons (Fsp3) is 0.176. The number of hydrogen-bond acceptors (Lipinski definition) is 3. The molecule has 0 aliphatic heterocycles. The Hall–Kier alpha value is -2.27. The van der Waals surface area contributed by atoms with Crippen LogP contribution in [0.15, 0.2) is 66.1 Å². The van der Waals surface area contributed by atoms with Gasteiger partial charge in [-0.25, -0.2) is 8.42 Å². The Morgan fingerprint density at radius 3 is 2.36 bits per heavy atom. The molecule has 0 N–H and O–H groups in total. The average molecular weight is 317 g/mol. The fourth-order valence-electron chi connectivity index (χ4n) is 2.12.